The van der Waals surface area contributed by atoms with Gasteiger partial charge in [-0.2, -0.15) is 0 Å². The summed E-state index contributed by atoms with van der Waals surface area (Å²) in [6.07, 6.45) is 53.9. The number of carbonyl (C=O) groups is 1. The number of aliphatic hydroxyl groups is 2. The van der Waals surface area contributed by atoms with Gasteiger partial charge in [0.15, 0.2) is 0 Å². The van der Waals surface area contributed by atoms with Gasteiger partial charge in [-0.15, -0.1) is 0 Å². The Morgan fingerprint density at radius 2 is 0.934 bits per heavy atom. The number of hydrogen-bond acceptors (Lipinski definition) is 7. The molecule has 0 saturated heterocycles. The number of rotatable bonds is 48. The molecule has 0 fully saturated rings. The van der Waals surface area contributed by atoms with Gasteiger partial charge in [-0.1, -0.05) is 230 Å². The molecule has 10 heteroatoms. The molecule has 0 aliphatic heterocycles. The van der Waals surface area contributed by atoms with Crippen LogP contribution in [0.5, 0.6) is 0 Å². The minimum Gasteiger partial charge on any atom is -0.393 e. The van der Waals surface area contributed by atoms with E-state index >= 15 is 0 Å². The number of carbonyl (C=O) groups excluding carboxylic acids is 1. The molecule has 0 spiro atoms. The Morgan fingerprint density at radius 1 is 0.557 bits per heavy atom. The molecule has 0 saturated carbocycles. The van der Waals surface area contributed by atoms with Gasteiger partial charge in [0.2, 0.25) is 5.91 Å². The Hall–Kier alpha value is -1.32. The molecule has 61 heavy (non-hydrogen) atoms. The third kappa shape index (κ3) is 45.1. The second-order valence-corrected chi connectivity index (χ2v) is 19.0. The number of amides is 1. The van der Waals surface area contributed by atoms with Crippen molar-refractivity contribution in [3.8, 4) is 0 Å². The summed E-state index contributed by atoms with van der Waals surface area (Å²) in [5.74, 6) is -0.456. The summed E-state index contributed by atoms with van der Waals surface area (Å²) in [5, 5.41) is 24.1. The maximum Gasteiger partial charge on any atom is 0.472 e. The molecule has 0 bridgehead atoms. The van der Waals surface area contributed by atoms with Crippen LogP contribution in [-0.2, 0) is 18.4 Å². The molecule has 360 valence electrons. The maximum absolute atomic E-state index is 12.9. The zero-order valence-electron chi connectivity index (χ0n) is 39.8. The first-order valence-electron chi connectivity index (χ1n) is 25.7. The molecule has 4 unspecified atom stereocenters. The Labute approximate surface area is 376 Å². The normalized spacial score (nSPS) is 14.7. The zero-order valence-corrected chi connectivity index (χ0v) is 40.7. The monoisotopic (exact) mass is 883 g/mol. The standard InChI is InChI=1S/C51H99N2O7P/c1-3-5-7-9-11-13-15-17-19-21-23-25-27-29-31-33-35-37-39-41-43-50(55)49(47-60-61(57,58)59-45-44-52)53-51(56)46-48(54)42-40-38-36-34-32-30-28-26-24-22-20-18-16-14-12-10-8-6-4-2/h25,27,33,35,41,43,48-50,54-55H,3-24,26,28-32,34,36-40,42,44-47,52H2,1-2H3,(H,53,56)(H,57,58)/b27-25+,35-33+,43-41+. The van der Waals surface area contributed by atoms with Crippen molar-refractivity contribution in [3.05, 3.63) is 36.5 Å². The molecule has 9 nitrogen and oxygen atoms in total. The van der Waals surface area contributed by atoms with Crippen LogP contribution in [0.2, 0.25) is 0 Å². The summed E-state index contributed by atoms with van der Waals surface area (Å²) < 4.78 is 22.1. The highest BCUT2D eigenvalue weighted by atomic mass is 31.2. The van der Waals surface area contributed by atoms with Crippen molar-refractivity contribution in [3.63, 3.8) is 0 Å². The number of phosphoric ester groups is 1. The second-order valence-electron chi connectivity index (χ2n) is 17.6. The van der Waals surface area contributed by atoms with Crippen LogP contribution in [0.1, 0.15) is 245 Å². The van der Waals surface area contributed by atoms with Gasteiger partial charge in [-0.3, -0.25) is 13.8 Å². The van der Waals surface area contributed by atoms with E-state index in [1.54, 1.807) is 6.08 Å². The van der Waals surface area contributed by atoms with Crippen molar-refractivity contribution in [2.24, 2.45) is 5.73 Å². The van der Waals surface area contributed by atoms with E-state index in [0.717, 1.165) is 44.9 Å². The number of unbranched alkanes of at least 4 members (excludes halogenated alkanes) is 30. The molecular weight excluding hydrogens is 784 g/mol. The predicted octanol–water partition coefficient (Wildman–Crippen LogP) is 14.0. The van der Waals surface area contributed by atoms with Crippen LogP contribution in [0.4, 0.5) is 0 Å². The first-order valence-corrected chi connectivity index (χ1v) is 27.2. The fraction of sp³-hybridized carbons (Fsp3) is 0.863. The maximum atomic E-state index is 12.9. The number of hydrogen-bond donors (Lipinski definition) is 5. The lowest BCUT2D eigenvalue weighted by Crippen LogP contribution is -2.46. The van der Waals surface area contributed by atoms with Gasteiger partial charge in [-0.25, -0.2) is 4.57 Å². The molecule has 0 radical (unpaired) electrons. The van der Waals surface area contributed by atoms with Crippen LogP contribution in [-0.4, -0.2) is 59.0 Å². The van der Waals surface area contributed by atoms with Gasteiger partial charge in [0.1, 0.15) is 0 Å². The number of nitrogens with two attached hydrogens (primary N) is 1. The quantitative estimate of drug-likeness (QED) is 0.0230. The van der Waals surface area contributed by atoms with Crippen LogP contribution in [0, 0.1) is 0 Å². The van der Waals surface area contributed by atoms with E-state index < -0.39 is 38.6 Å². The number of nitrogens with one attached hydrogen (secondary N) is 1. The van der Waals surface area contributed by atoms with Gasteiger partial charge in [0.25, 0.3) is 0 Å². The van der Waals surface area contributed by atoms with Crippen LogP contribution >= 0.6 is 7.82 Å². The van der Waals surface area contributed by atoms with Gasteiger partial charge >= 0.3 is 7.82 Å². The lowest BCUT2D eigenvalue weighted by molar-refractivity contribution is -0.124. The van der Waals surface area contributed by atoms with Crippen LogP contribution < -0.4 is 11.1 Å². The number of aliphatic hydroxyl groups excluding tert-OH is 2. The molecular formula is C51H99N2O7P. The SMILES string of the molecule is CCCCCCCCCCCC/C=C/CC/C=C/CC/C=C/C(O)C(COP(=O)(O)OCCN)NC(=O)CC(O)CCCCCCCCCCCCCCCCCCCCC. The van der Waals surface area contributed by atoms with Crippen molar-refractivity contribution in [2.45, 2.75) is 263 Å². The molecule has 0 heterocycles. The third-order valence-corrected chi connectivity index (χ3v) is 12.5. The van der Waals surface area contributed by atoms with Crippen molar-refractivity contribution in [1.82, 2.24) is 5.32 Å². The predicted molar refractivity (Wildman–Crippen MR) is 260 cm³/mol. The summed E-state index contributed by atoms with van der Waals surface area (Å²) in [7, 11) is -4.42. The van der Waals surface area contributed by atoms with Gasteiger partial charge in [-0.05, 0) is 44.9 Å². The van der Waals surface area contributed by atoms with Gasteiger partial charge in [0, 0.05) is 6.54 Å². The molecule has 4 atom stereocenters. The summed E-state index contributed by atoms with van der Waals surface area (Å²) in [5.41, 5.74) is 5.38. The fourth-order valence-electron chi connectivity index (χ4n) is 7.62. The summed E-state index contributed by atoms with van der Waals surface area (Å²) >= 11 is 0. The van der Waals surface area contributed by atoms with E-state index in [-0.39, 0.29) is 19.6 Å². The van der Waals surface area contributed by atoms with Crippen molar-refractivity contribution in [1.29, 1.82) is 0 Å². The highest BCUT2D eigenvalue weighted by Gasteiger charge is 2.27. The van der Waals surface area contributed by atoms with Crippen LogP contribution in [0.3, 0.4) is 0 Å². The van der Waals surface area contributed by atoms with Crippen molar-refractivity contribution >= 4 is 13.7 Å². The topological polar surface area (TPSA) is 151 Å². The Balaban J connectivity index is 4.25. The van der Waals surface area contributed by atoms with E-state index in [1.807, 2.05) is 6.08 Å². The molecule has 6 N–H and O–H groups in total. The lowest BCUT2D eigenvalue weighted by atomic mass is 10.0. The highest BCUT2D eigenvalue weighted by Crippen LogP contribution is 2.43. The van der Waals surface area contributed by atoms with Gasteiger partial charge < -0.3 is 26.2 Å². The fourth-order valence-corrected chi connectivity index (χ4v) is 8.38. The van der Waals surface area contributed by atoms with E-state index in [2.05, 4.69) is 43.5 Å². The van der Waals surface area contributed by atoms with Crippen molar-refractivity contribution in [2.75, 3.05) is 19.8 Å². The van der Waals surface area contributed by atoms with E-state index in [0.29, 0.717) is 12.8 Å². The minimum absolute atomic E-state index is 0.0431. The molecule has 1 amide bonds. The first kappa shape index (κ1) is 59.7. The van der Waals surface area contributed by atoms with Gasteiger partial charge in [0.05, 0.1) is 37.9 Å². The second kappa shape index (κ2) is 46.7. The number of phosphoric acid groups is 1. The Morgan fingerprint density at radius 3 is 1.36 bits per heavy atom. The average Bonchev–Trinajstić information content (AvgIpc) is 3.24. The summed E-state index contributed by atoms with van der Waals surface area (Å²) in [6, 6.07) is -1.00. The largest absolute Gasteiger partial charge is 0.472 e. The Bertz CT molecular complexity index is 1070. The molecule has 0 aliphatic rings. The van der Waals surface area contributed by atoms with Crippen LogP contribution in [0.15, 0.2) is 36.5 Å². The average molecular weight is 883 g/mol. The smallest absolute Gasteiger partial charge is 0.393 e. The molecule has 0 aliphatic carbocycles. The lowest BCUT2D eigenvalue weighted by Gasteiger charge is -2.24. The highest BCUT2D eigenvalue weighted by molar-refractivity contribution is 7.47. The van der Waals surface area contributed by atoms with Crippen molar-refractivity contribution < 1.29 is 33.5 Å². The Kier molecular flexibility index (Phi) is 45.7. The van der Waals surface area contributed by atoms with E-state index in [4.69, 9.17) is 14.8 Å². The van der Waals surface area contributed by atoms with Crippen LogP contribution in [0.25, 0.3) is 0 Å². The molecule has 0 rings (SSSR count). The molecule has 0 aromatic heterocycles. The summed E-state index contributed by atoms with van der Waals surface area (Å²) in [4.78, 5) is 22.9. The van der Waals surface area contributed by atoms with E-state index in [1.165, 1.54) is 167 Å². The van der Waals surface area contributed by atoms with E-state index in [9.17, 15) is 24.5 Å². The first-order chi connectivity index (χ1) is 29.8. The summed E-state index contributed by atoms with van der Waals surface area (Å²) in [6.45, 7) is 3.97. The molecule has 0 aromatic rings. The number of allylic oxidation sites excluding steroid dienone is 5. The molecule has 0 aromatic carbocycles. The zero-order chi connectivity index (χ0) is 44.8. The minimum atomic E-state index is -4.42. The third-order valence-electron chi connectivity index (χ3n) is 11.5.